The number of ether oxygens (including phenoxy) is 1. The number of benzene rings is 3. The maximum atomic E-state index is 12.2. The maximum absolute atomic E-state index is 12.2. The normalized spacial score (nSPS) is 10.7. The van der Waals surface area contributed by atoms with E-state index >= 15 is 0 Å². The average molecular weight is 454 g/mol. The Labute approximate surface area is 175 Å². The summed E-state index contributed by atoms with van der Waals surface area (Å²) in [5.74, 6) is -0.0686. The number of nitrogens with zero attached hydrogens (tertiary/aromatic N) is 2. The molecule has 7 nitrogen and oxygen atoms in total. The summed E-state index contributed by atoms with van der Waals surface area (Å²) in [6, 6.07) is 20.7. The molecule has 0 unspecified atom stereocenters. The number of para-hydroxylation sites is 2. The Morgan fingerprint density at radius 3 is 2.52 bits per heavy atom. The van der Waals surface area contributed by atoms with Crippen molar-refractivity contribution in [3.8, 4) is 5.75 Å². The van der Waals surface area contributed by atoms with Crippen molar-refractivity contribution in [3.05, 3.63) is 104 Å². The highest BCUT2D eigenvalue weighted by atomic mass is 79.9. The molecule has 3 aromatic carbocycles. The molecule has 0 atom stereocenters. The number of nitrogens with one attached hydrogen (secondary N) is 1. The highest BCUT2D eigenvalue weighted by Gasteiger charge is 2.18. The Morgan fingerprint density at radius 2 is 1.76 bits per heavy atom. The summed E-state index contributed by atoms with van der Waals surface area (Å²) in [5, 5.41) is 15.0. The van der Waals surface area contributed by atoms with Crippen LogP contribution in [0.3, 0.4) is 0 Å². The lowest BCUT2D eigenvalue weighted by molar-refractivity contribution is -0.385. The lowest BCUT2D eigenvalue weighted by atomic mass is 10.2. The van der Waals surface area contributed by atoms with Gasteiger partial charge in [0, 0.05) is 16.1 Å². The van der Waals surface area contributed by atoms with Gasteiger partial charge in [-0.25, -0.2) is 5.43 Å². The SMILES string of the molecule is O=C(NN=Cc1ccccc1OCc1ccc(Br)cc1)c1ccccc1[N+](=O)[O-]. The molecule has 3 rings (SSSR count). The van der Waals surface area contributed by atoms with Gasteiger partial charge in [-0.1, -0.05) is 52.3 Å². The number of nitro benzene ring substituents is 1. The summed E-state index contributed by atoms with van der Waals surface area (Å²) in [6.07, 6.45) is 1.43. The third-order valence-corrected chi connectivity index (χ3v) is 4.47. The van der Waals surface area contributed by atoms with E-state index in [2.05, 4.69) is 26.5 Å². The van der Waals surface area contributed by atoms with Gasteiger partial charge in [-0.3, -0.25) is 14.9 Å². The number of rotatable bonds is 7. The number of amides is 1. The van der Waals surface area contributed by atoms with Crippen molar-refractivity contribution in [1.29, 1.82) is 0 Å². The standard InChI is InChI=1S/C21H16BrN3O4/c22-17-11-9-15(10-12-17)14-29-20-8-4-1-5-16(20)13-23-24-21(26)18-6-2-3-7-19(18)25(27)28/h1-13H,14H2,(H,24,26). The van der Waals surface area contributed by atoms with Crippen molar-refractivity contribution in [2.45, 2.75) is 6.61 Å². The molecule has 0 heterocycles. The zero-order valence-corrected chi connectivity index (χ0v) is 16.7. The van der Waals surface area contributed by atoms with E-state index in [0.717, 1.165) is 10.0 Å². The maximum Gasteiger partial charge on any atom is 0.282 e. The molecular formula is C21H16BrN3O4. The Morgan fingerprint density at radius 1 is 1.07 bits per heavy atom. The van der Waals surface area contributed by atoms with Gasteiger partial charge in [-0.05, 0) is 35.9 Å². The molecule has 0 fully saturated rings. The van der Waals surface area contributed by atoms with Crippen molar-refractivity contribution in [2.24, 2.45) is 5.10 Å². The first-order valence-corrected chi connectivity index (χ1v) is 9.37. The van der Waals surface area contributed by atoms with Gasteiger partial charge in [0.05, 0.1) is 11.1 Å². The van der Waals surface area contributed by atoms with Crippen LogP contribution >= 0.6 is 15.9 Å². The van der Waals surface area contributed by atoms with Gasteiger partial charge in [-0.15, -0.1) is 0 Å². The molecule has 1 amide bonds. The van der Waals surface area contributed by atoms with Crippen LogP contribution in [-0.4, -0.2) is 17.0 Å². The van der Waals surface area contributed by atoms with E-state index in [1.54, 1.807) is 18.2 Å². The number of carbonyl (C=O) groups is 1. The van der Waals surface area contributed by atoms with E-state index in [1.807, 2.05) is 36.4 Å². The first kappa shape index (κ1) is 20.2. The second-order valence-electron chi connectivity index (χ2n) is 5.93. The molecule has 0 aromatic heterocycles. The molecule has 1 N–H and O–H groups in total. The zero-order valence-electron chi connectivity index (χ0n) is 15.1. The zero-order chi connectivity index (χ0) is 20.6. The van der Waals surface area contributed by atoms with Gasteiger partial charge in [0.15, 0.2) is 0 Å². The van der Waals surface area contributed by atoms with E-state index in [-0.39, 0.29) is 11.3 Å². The molecule has 0 radical (unpaired) electrons. The predicted octanol–water partition coefficient (Wildman–Crippen LogP) is 4.70. The fourth-order valence-electron chi connectivity index (χ4n) is 2.51. The summed E-state index contributed by atoms with van der Waals surface area (Å²) < 4.78 is 6.84. The van der Waals surface area contributed by atoms with Crippen LogP contribution in [0.15, 0.2) is 82.4 Å². The fourth-order valence-corrected chi connectivity index (χ4v) is 2.77. The molecule has 0 aliphatic carbocycles. The van der Waals surface area contributed by atoms with Crippen molar-refractivity contribution in [2.75, 3.05) is 0 Å². The third kappa shape index (κ3) is 5.49. The second kappa shape index (κ2) is 9.61. The average Bonchev–Trinajstić information content (AvgIpc) is 2.74. The van der Waals surface area contributed by atoms with Gasteiger partial charge in [-0.2, -0.15) is 5.10 Å². The van der Waals surface area contributed by atoms with Crippen LogP contribution in [0.4, 0.5) is 5.69 Å². The van der Waals surface area contributed by atoms with Crippen molar-refractivity contribution >= 4 is 33.7 Å². The number of hydrogen-bond donors (Lipinski definition) is 1. The number of hydrogen-bond acceptors (Lipinski definition) is 5. The minimum atomic E-state index is -0.665. The summed E-state index contributed by atoms with van der Waals surface area (Å²) in [5.41, 5.74) is 3.64. The molecule has 8 heteroatoms. The van der Waals surface area contributed by atoms with E-state index < -0.39 is 10.8 Å². The van der Waals surface area contributed by atoms with Crippen LogP contribution in [0.25, 0.3) is 0 Å². The van der Waals surface area contributed by atoms with Crippen molar-refractivity contribution < 1.29 is 14.5 Å². The number of hydrazone groups is 1. The molecule has 3 aromatic rings. The molecule has 29 heavy (non-hydrogen) atoms. The van der Waals surface area contributed by atoms with Crippen molar-refractivity contribution in [1.82, 2.24) is 5.43 Å². The molecular weight excluding hydrogens is 438 g/mol. The number of halogens is 1. The van der Waals surface area contributed by atoms with Crippen LogP contribution in [0.1, 0.15) is 21.5 Å². The van der Waals surface area contributed by atoms with E-state index in [1.165, 1.54) is 24.4 Å². The van der Waals surface area contributed by atoms with E-state index in [4.69, 9.17) is 4.74 Å². The first-order valence-electron chi connectivity index (χ1n) is 8.57. The molecule has 0 bridgehead atoms. The summed E-state index contributed by atoms with van der Waals surface area (Å²) in [4.78, 5) is 22.7. The van der Waals surface area contributed by atoms with Gasteiger partial charge >= 0.3 is 0 Å². The van der Waals surface area contributed by atoms with Crippen LogP contribution in [0.2, 0.25) is 0 Å². The monoisotopic (exact) mass is 453 g/mol. The van der Waals surface area contributed by atoms with Gasteiger partial charge < -0.3 is 4.74 Å². The van der Waals surface area contributed by atoms with Crippen LogP contribution in [0.5, 0.6) is 5.75 Å². The van der Waals surface area contributed by atoms with E-state index in [9.17, 15) is 14.9 Å². The predicted molar refractivity (Wildman–Crippen MR) is 113 cm³/mol. The summed E-state index contributed by atoms with van der Waals surface area (Å²) >= 11 is 3.39. The van der Waals surface area contributed by atoms with Crippen LogP contribution in [-0.2, 0) is 6.61 Å². The van der Waals surface area contributed by atoms with Crippen LogP contribution in [0, 0.1) is 10.1 Å². The van der Waals surface area contributed by atoms with Gasteiger partial charge in [0.2, 0.25) is 0 Å². The fraction of sp³-hybridized carbons (Fsp3) is 0.0476. The molecule has 0 aliphatic heterocycles. The number of nitro groups is 1. The Hall–Kier alpha value is -3.52. The summed E-state index contributed by atoms with van der Waals surface area (Å²) in [6.45, 7) is 0.376. The Balaban J connectivity index is 1.67. The lowest BCUT2D eigenvalue weighted by Gasteiger charge is -2.09. The third-order valence-electron chi connectivity index (χ3n) is 3.94. The quantitative estimate of drug-likeness (QED) is 0.318. The molecule has 146 valence electrons. The number of carbonyl (C=O) groups excluding carboxylic acids is 1. The van der Waals surface area contributed by atoms with Crippen molar-refractivity contribution in [3.63, 3.8) is 0 Å². The first-order chi connectivity index (χ1) is 14.0. The second-order valence-corrected chi connectivity index (χ2v) is 6.84. The van der Waals surface area contributed by atoms with E-state index in [0.29, 0.717) is 17.9 Å². The lowest BCUT2D eigenvalue weighted by Crippen LogP contribution is -2.19. The molecule has 0 saturated heterocycles. The smallest absolute Gasteiger partial charge is 0.282 e. The molecule has 0 aliphatic rings. The van der Waals surface area contributed by atoms with Crippen LogP contribution < -0.4 is 10.2 Å². The van der Waals surface area contributed by atoms with Gasteiger partial charge in [0.1, 0.15) is 17.9 Å². The largest absolute Gasteiger partial charge is 0.488 e. The minimum Gasteiger partial charge on any atom is -0.488 e. The highest BCUT2D eigenvalue weighted by Crippen LogP contribution is 2.19. The Kier molecular flexibility index (Phi) is 6.70. The Bertz CT molecular complexity index is 1050. The van der Waals surface area contributed by atoms with Gasteiger partial charge in [0.25, 0.3) is 11.6 Å². The molecule has 0 saturated carbocycles. The molecule has 0 spiro atoms. The topological polar surface area (TPSA) is 93.8 Å². The summed E-state index contributed by atoms with van der Waals surface area (Å²) in [7, 11) is 0. The highest BCUT2D eigenvalue weighted by molar-refractivity contribution is 9.10. The minimum absolute atomic E-state index is 0.0607.